The monoisotopic (exact) mass is 233 g/mol. The molecule has 4 nitrogen and oxygen atoms in total. The molecule has 1 atom stereocenters. The Hall–Kier alpha value is -1.13. The van der Waals surface area contributed by atoms with Crippen LogP contribution in [0.5, 0.6) is 0 Å². The maximum Gasteiger partial charge on any atom is 0.128 e. The first-order valence-electron chi connectivity index (χ1n) is 6.32. The lowest BCUT2D eigenvalue weighted by molar-refractivity contribution is -0.0117. The molecule has 3 rings (SSSR count). The lowest BCUT2D eigenvalue weighted by Crippen LogP contribution is -2.58. The Balaban J connectivity index is 1.71. The average molecular weight is 233 g/mol. The molecule has 0 radical (unpaired) electrons. The number of rotatable bonds is 1. The molecule has 0 saturated carbocycles. The SMILES string of the molecule is Cc1ccc(N2CCN3CCOC[C@@H]3C2)nc1. The van der Waals surface area contributed by atoms with E-state index in [0.717, 1.165) is 45.2 Å². The summed E-state index contributed by atoms with van der Waals surface area (Å²) in [5, 5.41) is 0. The van der Waals surface area contributed by atoms with E-state index in [1.54, 1.807) is 0 Å². The maximum absolute atomic E-state index is 5.55. The Labute approximate surface area is 102 Å². The second-order valence-electron chi connectivity index (χ2n) is 4.90. The van der Waals surface area contributed by atoms with E-state index in [0.29, 0.717) is 6.04 Å². The lowest BCUT2D eigenvalue weighted by atomic mass is 10.1. The number of piperazine rings is 1. The van der Waals surface area contributed by atoms with E-state index in [1.807, 2.05) is 6.20 Å². The molecule has 0 amide bonds. The van der Waals surface area contributed by atoms with Gasteiger partial charge in [0, 0.05) is 32.4 Å². The molecule has 0 aliphatic carbocycles. The number of pyridine rings is 1. The second-order valence-corrected chi connectivity index (χ2v) is 4.90. The van der Waals surface area contributed by atoms with Gasteiger partial charge in [-0.1, -0.05) is 6.07 Å². The van der Waals surface area contributed by atoms with Crippen LogP contribution in [-0.2, 0) is 4.74 Å². The molecule has 2 aliphatic rings. The minimum atomic E-state index is 0.542. The van der Waals surface area contributed by atoms with Crippen LogP contribution < -0.4 is 4.90 Å². The smallest absolute Gasteiger partial charge is 0.128 e. The van der Waals surface area contributed by atoms with Crippen LogP contribution in [0.3, 0.4) is 0 Å². The highest BCUT2D eigenvalue weighted by atomic mass is 16.5. The van der Waals surface area contributed by atoms with Gasteiger partial charge in [-0.05, 0) is 18.6 Å². The predicted octanol–water partition coefficient (Wildman–Crippen LogP) is 0.911. The molecule has 0 spiro atoms. The van der Waals surface area contributed by atoms with Crippen LogP contribution in [0.1, 0.15) is 5.56 Å². The molecule has 1 aromatic heterocycles. The normalized spacial score (nSPS) is 25.7. The molecule has 2 aliphatic heterocycles. The van der Waals surface area contributed by atoms with Gasteiger partial charge in [0.15, 0.2) is 0 Å². The zero-order valence-corrected chi connectivity index (χ0v) is 10.3. The minimum absolute atomic E-state index is 0.542. The summed E-state index contributed by atoms with van der Waals surface area (Å²) in [5.41, 5.74) is 1.22. The molecule has 0 bridgehead atoms. The van der Waals surface area contributed by atoms with E-state index in [1.165, 1.54) is 5.56 Å². The van der Waals surface area contributed by atoms with Crippen LogP contribution in [0.4, 0.5) is 5.82 Å². The van der Waals surface area contributed by atoms with Gasteiger partial charge in [0.1, 0.15) is 5.82 Å². The third-order valence-electron chi connectivity index (χ3n) is 3.66. The van der Waals surface area contributed by atoms with E-state index < -0.39 is 0 Å². The van der Waals surface area contributed by atoms with Crippen LogP contribution in [-0.4, -0.2) is 55.3 Å². The summed E-state index contributed by atoms with van der Waals surface area (Å²) in [6.45, 7) is 8.15. The molecule has 2 fully saturated rings. The van der Waals surface area contributed by atoms with Gasteiger partial charge in [0.05, 0.1) is 19.3 Å². The number of hydrogen-bond donors (Lipinski definition) is 0. The fourth-order valence-corrected chi connectivity index (χ4v) is 2.60. The standard InChI is InChI=1S/C13H19N3O/c1-11-2-3-13(14-8-11)16-5-4-15-6-7-17-10-12(15)9-16/h2-3,8,12H,4-7,9-10H2,1H3/t12-/m0/s1. The van der Waals surface area contributed by atoms with Crippen molar-refractivity contribution in [1.82, 2.24) is 9.88 Å². The molecule has 4 heteroatoms. The Kier molecular flexibility index (Phi) is 2.99. The fraction of sp³-hybridized carbons (Fsp3) is 0.615. The van der Waals surface area contributed by atoms with E-state index >= 15 is 0 Å². The molecular weight excluding hydrogens is 214 g/mol. The van der Waals surface area contributed by atoms with Gasteiger partial charge in [-0.2, -0.15) is 0 Å². The highest BCUT2D eigenvalue weighted by Gasteiger charge is 2.29. The van der Waals surface area contributed by atoms with Crippen molar-refractivity contribution in [3.8, 4) is 0 Å². The first-order valence-corrected chi connectivity index (χ1v) is 6.32. The zero-order chi connectivity index (χ0) is 11.7. The topological polar surface area (TPSA) is 28.6 Å². The summed E-state index contributed by atoms with van der Waals surface area (Å²) >= 11 is 0. The van der Waals surface area contributed by atoms with Gasteiger partial charge in [0.2, 0.25) is 0 Å². The van der Waals surface area contributed by atoms with Crippen molar-refractivity contribution in [2.75, 3.05) is 44.3 Å². The number of hydrogen-bond acceptors (Lipinski definition) is 4. The first kappa shape index (κ1) is 11.0. The van der Waals surface area contributed by atoms with Crippen molar-refractivity contribution in [2.45, 2.75) is 13.0 Å². The Morgan fingerprint density at radius 2 is 2.24 bits per heavy atom. The summed E-state index contributed by atoms with van der Waals surface area (Å²) in [7, 11) is 0. The van der Waals surface area contributed by atoms with Crippen molar-refractivity contribution < 1.29 is 4.74 Å². The lowest BCUT2D eigenvalue weighted by Gasteiger charge is -2.44. The van der Waals surface area contributed by atoms with Crippen LogP contribution in [0.2, 0.25) is 0 Å². The maximum atomic E-state index is 5.55. The van der Waals surface area contributed by atoms with Crippen molar-refractivity contribution in [3.05, 3.63) is 23.9 Å². The number of nitrogens with zero attached hydrogens (tertiary/aromatic N) is 3. The molecule has 0 unspecified atom stereocenters. The Bertz CT molecular complexity index is 379. The summed E-state index contributed by atoms with van der Waals surface area (Å²) in [4.78, 5) is 9.41. The number of anilines is 1. The second kappa shape index (κ2) is 4.63. The summed E-state index contributed by atoms with van der Waals surface area (Å²) in [5.74, 6) is 1.10. The number of ether oxygens (including phenoxy) is 1. The van der Waals surface area contributed by atoms with E-state index in [-0.39, 0.29) is 0 Å². The van der Waals surface area contributed by atoms with Crippen molar-refractivity contribution in [2.24, 2.45) is 0 Å². The molecule has 17 heavy (non-hydrogen) atoms. The Morgan fingerprint density at radius 1 is 1.29 bits per heavy atom. The van der Waals surface area contributed by atoms with Crippen molar-refractivity contribution in [1.29, 1.82) is 0 Å². The van der Waals surface area contributed by atoms with E-state index in [2.05, 4.69) is 33.8 Å². The van der Waals surface area contributed by atoms with Gasteiger partial charge in [-0.25, -0.2) is 4.98 Å². The highest BCUT2D eigenvalue weighted by Crippen LogP contribution is 2.19. The van der Waals surface area contributed by atoms with Crippen molar-refractivity contribution in [3.63, 3.8) is 0 Å². The van der Waals surface area contributed by atoms with Gasteiger partial charge in [-0.15, -0.1) is 0 Å². The molecule has 3 heterocycles. The number of morpholine rings is 1. The Morgan fingerprint density at radius 3 is 3.06 bits per heavy atom. The molecule has 0 N–H and O–H groups in total. The predicted molar refractivity (Wildman–Crippen MR) is 67.4 cm³/mol. The third-order valence-corrected chi connectivity index (χ3v) is 3.66. The molecule has 2 saturated heterocycles. The quantitative estimate of drug-likeness (QED) is 0.721. The summed E-state index contributed by atoms with van der Waals surface area (Å²) < 4.78 is 5.55. The molecule has 92 valence electrons. The molecular formula is C13H19N3O. The zero-order valence-electron chi connectivity index (χ0n) is 10.3. The molecule has 1 aromatic rings. The summed E-state index contributed by atoms with van der Waals surface area (Å²) in [6, 6.07) is 4.79. The number of fused-ring (bicyclic) bond motifs is 1. The average Bonchev–Trinajstić information content (AvgIpc) is 2.39. The van der Waals surface area contributed by atoms with Crippen LogP contribution >= 0.6 is 0 Å². The fourth-order valence-electron chi connectivity index (χ4n) is 2.60. The van der Waals surface area contributed by atoms with Gasteiger partial charge < -0.3 is 9.64 Å². The minimum Gasteiger partial charge on any atom is -0.378 e. The number of aromatic nitrogens is 1. The summed E-state index contributed by atoms with van der Waals surface area (Å²) in [6.07, 6.45) is 1.94. The van der Waals surface area contributed by atoms with Crippen molar-refractivity contribution >= 4 is 5.82 Å². The van der Waals surface area contributed by atoms with E-state index in [9.17, 15) is 0 Å². The first-order chi connectivity index (χ1) is 8.33. The van der Waals surface area contributed by atoms with Crippen LogP contribution in [0.15, 0.2) is 18.3 Å². The van der Waals surface area contributed by atoms with Gasteiger partial charge in [-0.3, -0.25) is 4.90 Å². The highest BCUT2D eigenvalue weighted by molar-refractivity contribution is 5.40. The van der Waals surface area contributed by atoms with Gasteiger partial charge in [0.25, 0.3) is 0 Å². The van der Waals surface area contributed by atoms with E-state index in [4.69, 9.17) is 4.74 Å². The number of aryl methyl sites for hydroxylation is 1. The van der Waals surface area contributed by atoms with Gasteiger partial charge >= 0.3 is 0 Å². The largest absolute Gasteiger partial charge is 0.378 e. The molecule has 0 aromatic carbocycles. The van der Waals surface area contributed by atoms with Crippen LogP contribution in [0.25, 0.3) is 0 Å². The van der Waals surface area contributed by atoms with Crippen LogP contribution in [0, 0.1) is 6.92 Å². The third kappa shape index (κ3) is 2.28.